The number of aliphatic hydroxyl groups is 4. The molecule has 0 aromatic carbocycles. The van der Waals surface area contributed by atoms with Crippen molar-refractivity contribution in [3.63, 3.8) is 0 Å². The Morgan fingerprint density at radius 3 is 2.22 bits per heavy atom. The highest BCUT2D eigenvalue weighted by atomic mass is 16.3. The number of fused-ring (bicyclic) bond motifs is 5. The van der Waals surface area contributed by atoms with E-state index in [1.165, 1.54) is 12.5 Å². The van der Waals surface area contributed by atoms with Gasteiger partial charge >= 0.3 is 0 Å². The predicted molar refractivity (Wildman–Crippen MR) is 138 cm³/mol. The lowest BCUT2D eigenvalue weighted by Gasteiger charge is -2.64. The number of carbonyl (C=O) groups is 2. The maximum atomic E-state index is 14.2. The molecular formula is C30H48O6. The van der Waals surface area contributed by atoms with Gasteiger partial charge in [-0.15, -0.1) is 0 Å². The Labute approximate surface area is 216 Å². The molecule has 3 fully saturated rings. The van der Waals surface area contributed by atoms with Crippen LogP contribution in [0.3, 0.4) is 0 Å². The van der Waals surface area contributed by atoms with Crippen molar-refractivity contribution in [2.24, 2.45) is 39.4 Å². The average molecular weight is 505 g/mol. The van der Waals surface area contributed by atoms with Gasteiger partial charge in [0, 0.05) is 29.6 Å². The van der Waals surface area contributed by atoms with Crippen LogP contribution in [0, 0.1) is 39.4 Å². The van der Waals surface area contributed by atoms with E-state index >= 15 is 0 Å². The van der Waals surface area contributed by atoms with Crippen LogP contribution in [0.4, 0.5) is 0 Å². The molecule has 0 aromatic heterocycles. The van der Waals surface area contributed by atoms with Crippen LogP contribution in [-0.2, 0) is 9.59 Å². The van der Waals surface area contributed by atoms with Gasteiger partial charge in [0.1, 0.15) is 11.4 Å². The van der Waals surface area contributed by atoms with E-state index in [0.717, 1.165) is 6.42 Å². The van der Waals surface area contributed by atoms with E-state index in [1.54, 1.807) is 13.8 Å². The minimum atomic E-state index is -1.81. The number of aliphatic hydroxyl groups excluding tert-OH is 2. The van der Waals surface area contributed by atoms with Crippen molar-refractivity contribution < 1.29 is 30.0 Å². The SMILES string of the molecule is CC(C)(O)CCC(=O)C(C)(O)C1C(O)CC2(C)C3CC=C4C(CCC(O)C4(C)C)C3(C)C(=O)CC12C. The Morgan fingerprint density at radius 2 is 1.64 bits per heavy atom. The average Bonchev–Trinajstić information content (AvgIpc) is 2.94. The molecule has 0 bridgehead atoms. The van der Waals surface area contributed by atoms with Crippen molar-refractivity contribution in [3.05, 3.63) is 11.6 Å². The molecule has 0 spiro atoms. The first-order valence-corrected chi connectivity index (χ1v) is 13.8. The summed E-state index contributed by atoms with van der Waals surface area (Å²) >= 11 is 0. The standard InChI is InChI=1S/C30H48O6/c1-25(2,35)14-13-22(33)30(8,36)24-19(31)15-27(5)20-11-9-17-18(10-12-21(32)26(17,3)4)29(20,7)23(34)16-28(24,27)6/h9,18-21,24,31-32,35-36H,10-16H2,1-8H3. The van der Waals surface area contributed by atoms with Crippen molar-refractivity contribution in [2.45, 2.75) is 124 Å². The van der Waals surface area contributed by atoms with Crippen LogP contribution < -0.4 is 0 Å². The molecular weight excluding hydrogens is 456 g/mol. The number of allylic oxidation sites excluding steroid dienone is 1. The Morgan fingerprint density at radius 1 is 1.03 bits per heavy atom. The third-order valence-electron chi connectivity index (χ3n) is 11.7. The first-order valence-electron chi connectivity index (χ1n) is 13.8. The highest BCUT2D eigenvalue weighted by molar-refractivity contribution is 5.90. The topological polar surface area (TPSA) is 115 Å². The van der Waals surface area contributed by atoms with E-state index in [2.05, 4.69) is 33.8 Å². The molecule has 0 aromatic rings. The third kappa shape index (κ3) is 3.65. The lowest BCUT2D eigenvalue weighted by atomic mass is 9.38. The minimum absolute atomic E-state index is 0.00713. The van der Waals surface area contributed by atoms with Crippen molar-refractivity contribution in [1.82, 2.24) is 0 Å². The highest BCUT2D eigenvalue weighted by Crippen LogP contribution is 2.74. The number of rotatable bonds is 5. The van der Waals surface area contributed by atoms with E-state index in [9.17, 15) is 30.0 Å². The Kier molecular flexibility index (Phi) is 6.37. The Balaban J connectivity index is 1.75. The molecule has 9 unspecified atom stereocenters. The second-order valence-electron chi connectivity index (χ2n) is 14.7. The van der Waals surface area contributed by atoms with Crippen molar-refractivity contribution in [2.75, 3.05) is 0 Å². The van der Waals surface area contributed by atoms with Gasteiger partial charge in [0.2, 0.25) is 0 Å². The van der Waals surface area contributed by atoms with Gasteiger partial charge in [0.15, 0.2) is 5.78 Å². The summed E-state index contributed by atoms with van der Waals surface area (Å²) in [4.78, 5) is 27.5. The van der Waals surface area contributed by atoms with Crippen LogP contribution in [0.2, 0.25) is 0 Å². The highest BCUT2D eigenvalue weighted by Gasteiger charge is 2.74. The third-order valence-corrected chi connectivity index (χ3v) is 11.7. The summed E-state index contributed by atoms with van der Waals surface area (Å²) in [5.41, 5.74) is -3.86. The van der Waals surface area contributed by atoms with E-state index in [1.807, 2.05) is 6.92 Å². The number of hydrogen-bond acceptors (Lipinski definition) is 6. The molecule has 6 nitrogen and oxygen atoms in total. The molecule has 4 rings (SSSR count). The van der Waals surface area contributed by atoms with E-state index in [4.69, 9.17) is 0 Å². The van der Waals surface area contributed by atoms with Crippen LogP contribution in [0.1, 0.15) is 100 Å². The smallest absolute Gasteiger partial charge is 0.164 e. The summed E-state index contributed by atoms with van der Waals surface area (Å²) in [6.07, 6.45) is 3.88. The minimum Gasteiger partial charge on any atom is -0.393 e. The van der Waals surface area contributed by atoms with Crippen LogP contribution >= 0.6 is 0 Å². The molecule has 0 aliphatic heterocycles. The predicted octanol–water partition coefficient (Wildman–Crippen LogP) is 3.97. The van der Waals surface area contributed by atoms with Crippen molar-refractivity contribution in [1.29, 1.82) is 0 Å². The van der Waals surface area contributed by atoms with Gasteiger partial charge in [0.05, 0.1) is 17.8 Å². The monoisotopic (exact) mass is 504 g/mol. The number of hydrogen-bond donors (Lipinski definition) is 4. The molecule has 4 aliphatic rings. The molecule has 6 heteroatoms. The fourth-order valence-electron chi connectivity index (χ4n) is 9.34. The van der Waals surface area contributed by atoms with Gasteiger partial charge in [0.25, 0.3) is 0 Å². The second-order valence-corrected chi connectivity index (χ2v) is 14.7. The molecule has 9 atom stereocenters. The lowest BCUT2D eigenvalue weighted by Crippen LogP contribution is -2.64. The van der Waals surface area contributed by atoms with Gasteiger partial charge in [-0.1, -0.05) is 46.3 Å². The molecule has 36 heavy (non-hydrogen) atoms. The number of Topliss-reactive ketones (excluding diaryl/α,β-unsaturated/α-hetero) is 2. The zero-order valence-electron chi connectivity index (χ0n) is 23.5. The first-order chi connectivity index (χ1) is 16.2. The van der Waals surface area contributed by atoms with Crippen molar-refractivity contribution >= 4 is 11.6 Å². The Bertz CT molecular complexity index is 972. The van der Waals surface area contributed by atoms with Gasteiger partial charge in [-0.3, -0.25) is 9.59 Å². The van der Waals surface area contributed by atoms with Crippen LogP contribution in [-0.4, -0.2) is 55.4 Å². The summed E-state index contributed by atoms with van der Waals surface area (Å²) in [5.74, 6) is -0.998. The van der Waals surface area contributed by atoms with E-state index < -0.39 is 51.4 Å². The summed E-state index contributed by atoms with van der Waals surface area (Å²) in [7, 11) is 0. The molecule has 4 N–H and O–H groups in total. The van der Waals surface area contributed by atoms with Crippen molar-refractivity contribution in [3.8, 4) is 0 Å². The summed E-state index contributed by atoms with van der Waals surface area (Å²) < 4.78 is 0. The maximum absolute atomic E-state index is 14.2. The van der Waals surface area contributed by atoms with E-state index in [-0.39, 0.29) is 42.3 Å². The maximum Gasteiger partial charge on any atom is 0.164 e. The van der Waals surface area contributed by atoms with Gasteiger partial charge < -0.3 is 20.4 Å². The van der Waals surface area contributed by atoms with Gasteiger partial charge in [-0.25, -0.2) is 0 Å². The number of carbonyl (C=O) groups excluding carboxylic acids is 2. The van der Waals surface area contributed by atoms with Crippen LogP contribution in [0.25, 0.3) is 0 Å². The molecule has 0 amide bonds. The van der Waals surface area contributed by atoms with Crippen LogP contribution in [0.5, 0.6) is 0 Å². The van der Waals surface area contributed by atoms with Gasteiger partial charge in [-0.2, -0.15) is 0 Å². The summed E-state index contributed by atoms with van der Waals surface area (Å²) in [6.45, 7) is 15.2. The second kappa shape index (κ2) is 8.21. The zero-order chi connectivity index (χ0) is 27.3. The molecule has 204 valence electrons. The van der Waals surface area contributed by atoms with Gasteiger partial charge in [-0.05, 0) is 75.5 Å². The summed E-state index contributed by atoms with van der Waals surface area (Å²) in [6, 6.07) is 0. The first kappa shape index (κ1) is 27.9. The normalized spacial score (nSPS) is 45.7. The number of ketones is 2. The molecule has 3 saturated carbocycles. The lowest BCUT2D eigenvalue weighted by molar-refractivity contribution is -0.184. The summed E-state index contributed by atoms with van der Waals surface area (Å²) in [5, 5.41) is 44.0. The van der Waals surface area contributed by atoms with E-state index in [0.29, 0.717) is 19.3 Å². The Hall–Kier alpha value is -1.08. The van der Waals surface area contributed by atoms with Crippen LogP contribution in [0.15, 0.2) is 11.6 Å². The quantitative estimate of drug-likeness (QED) is 0.421. The fourth-order valence-corrected chi connectivity index (χ4v) is 9.34. The largest absolute Gasteiger partial charge is 0.393 e. The molecule has 0 radical (unpaired) electrons. The zero-order valence-corrected chi connectivity index (χ0v) is 23.5. The molecule has 0 saturated heterocycles. The fraction of sp³-hybridized carbons (Fsp3) is 0.867. The molecule has 0 heterocycles. The molecule has 4 aliphatic carbocycles.